The van der Waals surface area contributed by atoms with Crippen LogP contribution in [0.2, 0.25) is 0 Å². The van der Waals surface area contributed by atoms with Crippen LogP contribution < -0.4 is 5.32 Å². The third-order valence-electron chi connectivity index (χ3n) is 4.69. The smallest absolute Gasteiger partial charge is 0.153 e. The average molecular weight is 336 g/mol. The van der Waals surface area contributed by atoms with Crippen LogP contribution in [-0.2, 0) is 19.5 Å². The maximum Gasteiger partial charge on any atom is 0.153 e. The molecule has 0 radical (unpaired) electrons. The molecule has 0 spiro atoms. The van der Waals surface area contributed by atoms with Crippen molar-refractivity contribution in [3.8, 4) is 5.69 Å². The van der Waals surface area contributed by atoms with Crippen molar-refractivity contribution >= 4 is 0 Å². The molecule has 0 unspecified atom stereocenters. The predicted molar refractivity (Wildman–Crippen MR) is 96.6 cm³/mol. The lowest BCUT2D eigenvalue weighted by Crippen LogP contribution is -2.37. The Hall–Kier alpha value is -2.47. The number of nitrogens with one attached hydrogen (secondary N) is 1. The van der Waals surface area contributed by atoms with Gasteiger partial charge in [-0.25, -0.2) is 14.3 Å². The molecule has 1 atom stereocenters. The van der Waals surface area contributed by atoms with Gasteiger partial charge in [-0.2, -0.15) is 10.2 Å². The minimum absolute atomic E-state index is 0.387. The van der Waals surface area contributed by atoms with Crippen LogP contribution in [0.15, 0.2) is 42.7 Å². The van der Waals surface area contributed by atoms with E-state index in [2.05, 4.69) is 63.3 Å². The van der Waals surface area contributed by atoms with Crippen LogP contribution in [0, 0.1) is 0 Å². The van der Waals surface area contributed by atoms with E-state index in [0.29, 0.717) is 12.0 Å². The number of rotatable bonds is 5. The molecule has 4 rings (SSSR count). The molecular weight excluding hydrogens is 312 g/mol. The molecule has 3 heterocycles. The molecule has 6 nitrogen and oxygen atoms in total. The maximum absolute atomic E-state index is 4.65. The number of nitrogens with zero attached hydrogens (tertiary/aromatic N) is 5. The van der Waals surface area contributed by atoms with Crippen molar-refractivity contribution < 1.29 is 0 Å². The number of hydrogen-bond acceptors (Lipinski definition) is 4. The van der Waals surface area contributed by atoms with Gasteiger partial charge in [-0.3, -0.25) is 0 Å². The van der Waals surface area contributed by atoms with Crippen LogP contribution in [0.3, 0.4) is 0 Å². The fraction of sp³-hybridized carbons (Fsp3) is 0.421. The van der Waals surface area contributed by atoms with Gasteiger partial charge in [0.25, 0.3) is 0 Å². The Labute approximate surface area is 147 Å². The van der Waals surface area contributed by atoms with Crippen LogP contribution in [0.25, 0.3) is 5.69 Å². The van der Waals surface area contributed by atoms with Gasteiger partial charge in [0, 0.05) is 37.3 Å². The second kappa shape index (κ2) is 6.80. The Bertz CT molecular complexity index is 816. The molecule has 0 amide bonds. The van der Waals surface area contributed by atoms with Crippen molar-refractivity contribution in [2.75, 3.05) is 0 Å². The second-order valence-electron chi connectivity index (χ2n) is 6.96. The highest BCUT2D eigenvalue weighted by molar-refractivity contribution is 5.33. The first-order valence-electron chi connectivity index (χ1n) is 8.95. The molecule has 25 heavy (non-hydrogen) atoms. The number of fused-ring (bicyclic) bond motifs is 1. The Morgan fingerprint density at radius 3 is 2.80 bits per heavy atom. The van der Waals surface area contributed by atoms with E-state index < -0.39 is 0 Å². The van der Waals surface area contributed by atoms with Crippen LogP contribution >= 0.6 is 0 Å². The second-order valence-corrected chi connectivity index (χ2v) is 6.96. The van der Waals surface area contributed by atoms with Crippen LogP contribution in [0.5, 0.6) is 0 Å². The van der Waals surface area contributed by atoms with Crippen LogP contribution in [0.1, 0.15) is 43.4 Å². The van der Waals surface area contributed by atoms with Gasteiger partial charge >= 0.3 is 0 Å². The zero-order chi connectivity index (χ0) is 17.2. The summed E-state index contributed by atoms with van der Waals surface area (Å²) in [5.74, 6) is 2.48. The van der Waals surface area contributed by atoms with Crippen molar-refractivity contribution in [3.63, 3.8) is 0 Å². The molecule has 1 aliphatic heterocycles. The summed E-state index contributed by atoms with van der Waals surface area (Å²) in [6.45, 7) is 6.06. The molecule has 0 saturated heterocycles. The van der Waals surface area contributed by atoms with E-state index in [0.717, 1.165) is 43.3 Å². The molecule has 1 aliphatic rings. The van der Waals surface area contributed by atoms with E-state index in [1.807, 2.05) is 16.9 Å². The van der Waals surface area contributed by atoms with Gasteiger partial charge in [-0.05, 0) is 30.2 Å². The first kappa shape index (κ1) is 16.0. The molecule has 2 aromatic heterocycles. The van der Waals surface area contributed by atoms with Crippen molar-refractivity contribution in [1.29, 1.82) is 0 Å². The highest BCUT2D eigenvalue weighted by atomic mass is 15.4. The highest BCUT2D eigenvalue weighted by Gasteiger charge is 2.22. The van der Waals surface area contributed by atoms with E-state index >= 15 is 0 Å². The van der Waals surface area contributed by atoms with Crippen molar-refractivity contribution in [3.05, 3.63) is 59.9 Å². The van der Waals surface area contributed by atoms with Crippen molar-refractivity contribution in [1.82, 2.24) is 29.9 Å². The lowest BCUT2D eigenvalue weighted by atomic mass is 10.1. The van der Waals surface area contributed by atoms with Gasteiger partial charge < -0.3 is 5.32 Å². The van der Waals surface area contributed by atoms with Gasteiger partial charge in [0.1, 0.15) is 5.82 Å². The van der Waals surface area contributed by atoms with Crippen molar-refractivity contribution in [2.24, 2.45) is 0 Å². The zero-order valence-corrected chi connectivity index (χ0v) is 14.8. The Morgan fingerprint density at radius 2 is 2.08 bits per heavy atom. The standard InChI is InChI=1S/C19H24N6/c1-14(2)19-22-18-9-6-16(13-25(18)23-19)20-12-15-4-7-17(8-5-15)24-11-3-10-21-24/h3-5,7-8,10-11,14,16,20H,6,9,12-13H2,1-2H3/t16-/m0/s1. The zero-order valence-electron chi connectivity index (χ0n) is 14.8. The molecule has 0 saturated carbocycles. The normalized spacial score (nSPS) is 17.0. The monoisotopic (exact) mass is 336 g/mol. The fourth-order valence-corrected chi connectivity index (χ4v) is 3.19. The van der Waals surface area contributed by atoms with Gasteiger partial charge in [-0.15, -0.1) is 0 Å². The summed E-state index contributed by atoms with van der Waals surface area (Å²) in [5.41, 5.74) is 2.36. The summed E-state index contributed by atoms with van der Waals surface area (Å²) in [7, 11) is 0. The summed E-state index contributed by atoms with van der Waals surface area (Å²) in [5, 5.41) is 12.6. The third kappa shape index (κ3) is 3.49. The summed E-state index contributed by atoms with van der Waals surface area (Å²) >= 11 is 0. The topological polar surface area (TPSA) is 60.6 Å². The summed E-state index contributed by atoms with van der Waals surface area (Å²) in [6, 6.07) is 10.9. The average Bonchev–Trinajstić information content (AvgIpc) is 3.29. The summed E-state index contributed by atoms with van der Waals surface area (Å²) in [6.07, 6.45) is 5.86. The molecule has 3 aromatic rings. The molecule has 0 fully saturated rings. The SMILES string of the molecule is CC(C)c1nc2n(n1)C[C@@H](NCc1ccc(-n3cccn3)cc1)CC2. The van der Waals surface area contributed by atoms with Gasteiger partial charge in [0.05, 0.1) is 12.2 Å². The van der Waals surface area contributed by atoms with E-state index in [1.54, 1.807) is 6.20 Å². The van der Waals surface area contributed by atoms with Crippen LogP contribution in [0.4, 0.5) is 0 Å². The molecule has 1 N–H and O–H groups in total. The molecule has 0 aliphatic carbocycles. The first-order valence-corrected chi connectivity index (χ1v) is 8.95. The van der Waals surface area contributed by atoms with E-state index in [-0.39, 0.29) is 0 Å². The minimum Gasteiger partial charge on any atom is -0.308 e. The van der Waals surface area contributed by atoms with Gasteiger partial charge in [0.2, 0.25) is 0 Å². The molecular formula is C19H24N6. The third-order valence-corrected chi connectivity index (χ3v) is 4.69. The molecule has 0 bridgehead atoms. The summed E-state index contributed by atoms with van der Waals surface area (Å²) in [4.78, 5) is 4.65. The Kier molecular flexibility index (Phi) is 4.36. The fourth-order valence-electron chi connectivity index (χ4n) is 3.19. The molecule has 130 valence electrons. The first-order chi connectivity index (χ1) is 12.2. The largest absolute Gasteiger partial charge is 0.308 e. The lowest BCUT2D eigenvalue weighted by Gasteiger charge is -2.23. The maximum atomic E-state index is 4.65. The molecule has 1 aromatic carbocycles. The van der Waals surface area contributed by atoms with Crippen LogP contribution in [-0.4, -0.2) is 30.6 Å². The minimum atomic E-state index is 0.387. The van der Waals surface area contributed by atoms with Gasteiger partial charge in [-0.1, -0.05) is 26.0 Å². The Morgan fingerprint density at radius 1 is 1.24 bits per heavy atom. The lowest BCUT2D eigenvalue weighted by molar-refractivity contribution is 0.357. The van der Waals surface area contributed by atoms with Crippen molar-refractivity contribution in [2.45, 2.75) is 51.7 Å². The Balaban J connectivity index is 1.35. The highest BCUT2D eigenvalue weighted by Crippen LogP contribution is 2.17. The number of aromatic nitrogens is 5. The van der Waals surface area contributed by atoms with E-state index in [4.69, 9.17) is 0 Å². The molecule has 6 heteroatoms. The van der Waals surface area contributed by atoms with Gasteiger partial charge in [0.15, 0.2) is 5.82 Å². The summed E-state index contributed by atoms with van der Waals surface area (Å²) < 4.78 is 3.95. The number of hydrogen-bond donors (Lipinski definition) is 1. The predicted octanol–water partition coefficient (Wildman–Crippen LogP) is 2.69. The number of aryl methyl sites for hydroxylation is 1. The number of benzene rings is 1. The van der Waals surface area contributed by atoms with E-state index in [9.17, 15) is 0 Å². The quantitative estimate of drug-likeness (QED) is 0.778. The van der Waals surface area contributed by atoms with E-state index in [1.165, 1.54) is 5.56 Å².